The summed E-state index contributed by atoms with van der Waals surface area (Å²) in [6.45, 7) is 8.22. The first kappa shape index (κ1) is 22.5. The Morgan fingerprint density at radius 1 is 1.12 bits per heavy atom. The molecule has 3 aromatic rings. The Morgan fingerprint density at radius 2 is 1.94 bits per heavy atom. The summed E-state index contributed by atoms with van der Waals surface area (Å²) in [6, 6.07) is 4.05. The van der Waals surface area contributed by atoms with E-state index in [0.717, 1.165) is 37.3 Å². The van der Waals surface area contributed by atoms with E-state index in [0.29, 0.717) is 22.9 Å². The lowest BCUT2D eigenvalue weighted by molar-refractivity contribution is -0.116. The average Bonchev–Trinajstić information content (AvgIpc) is 3.34. The third kappa shape index (κ3) is 5.23. The zero-order chi connectivity index (χ0) is 23.2. The Morgan fingerprint density at radius 3 is 2.67 bits per heavy atom. The van der Waals surface area contributed by atoms with Crippen molar-refractivity contribution in [2.75, 3.05) is 6.54 Å². The number of aromatic amines is 1. The Labute approximate surface area is 193 Å². The fourth-order valence-electron chi connectivity index (χ4n) is 4.16. The van der Waals surface area contributed by atoms with Crippen molar-refractivity contribution in [3.05, 3.63) is 82.5 Å². The Bertz CT molecular complexity index is 1160. The molecular formula is C25H29N7O. The van der Waals surface area contributed by atoms with Gasteiger partial charge in [0.1, 0.15) is 11.4 Å². The van der Waals surface area contributed by atoms with Gasteiger partial charge in [0.25, 0.3) is 5.91 Å². The van der Waals surface area contributed by atoms with E-state index < -0.39 is 0 Å². The fourth-order valence-corrected chi connectivity index (χ4v) is 4.16. The van der Waals surface area contributed by atoms with Crippen LogP contribution in [0.25, 0.3) is 6.08 Å². The normalized spacial score (nSPS) is 14.7. The van der Waals surface area contributed by atoms with E-state index in [1.807, 2.05) is 30.6 Å². The number of aryl methyl sites for hydroxylation is 1. The molecule has 4 rings (SSSR count). The molecule has 8 nitrogen and oxygen atoms in total. The summed E-state index contributed by atoms with van der Waals surface area (Å²) < 4.78 is 0. The quantitative estimate of drug-likeness (QED) is 0.347. The highest BCUT2D eigenvalue weighted by Gasteiger charge is 2.26. The Hall–Kier alpha value is -3.65. The van der Waals surface area contributed by atoms with Gasteiger partial charge in [0.2, 0.25) is 0 Å². The minimum Gasteiger partial charge on any atom is -0.359 e. The number of carbonyl (C=O) groups excluding carboxylic acids is 1. The lowest BCUT2D eigenvalue weighted by Gasteiger charge is -2.11. The number of amides is 1. The molecule has 1 aliphatic rings. The van der Waals surface area contributed by atoms with E-state index in [1.165, 1.54) is 16.7 Å². The second-order valence-corrected chi connectivity index (χ2v) is 8.40. The van der Waals surface area contributed by atoms with Crippen LogP contribution in [0.4, 0.5) is 0 Å². The minimum absolute atomic E-state index is 0.237. The molecule has 0 saturated heterocycles. The molecule has 3 aromatic heterocycles. The Kier molecular flexibility index (Phi) is 7.04. The molecule has 3 N–H and O–H groups in total. The third-order valence-corrected chi connectivity index (χ3v) is 5.69. The van der Waals surface area contributed by atoms with Gasteiger partial charge in [0.15, 0.2) is 0 Å². The van der Waals surface area contributed by atoms with Gasteiger partial charge in [-0.05, 0) is 67.1 Å². The highest BCUT2D eigenvalue weighted by molar-refractivity contribution is 6.32. The van der Waals surface area contributed by atoms with Crippen molar-refractivity contribution in [2.24, 2.45) is 5.10 Å². The molecule has 1 amide bonds. The summed E-state index contributed by atoms with van der Waals surface area (Å²) in [4.78, 5) is 28.5. The number of carbonyl (C=O) groups is 1. The maximum Gasteiger partial charge on any atom is 0.273 e. The first-order chi connectivity index (χ1) is 16.0. The molecule has 1 aliphatic heterocycles. The largest absolute Gasteiger partial charge is 0.359 e. The number of hydrazone groups is 1. The number of hydrogen-bond donors (Lipinski definition) is 3. The fraction of sp³-hybridized carbons (Fsp3) is 0.320. The number of hydrogen-bond acceptors (Lipinski definition) is 6. The van der Waals surface area contributed by atoms with Crippen molar-refractivity contribution in [1.82, 2.24) is 30.7 Å². The maximum atomic E-state index is 12.5. The molecule has 0 radical (unpaired) electrons. The van der Waals surface area contributed by atoms with E-state index in [4.69, 9.17) is 0 Å². The van der Waals surface area contributed by atoms with E-state index in [9.17, 15) is 4.79 Å². The molecule has 0 fully saturated rings. The molecule has 8 heteroatoms. The molecule has 0 aliphatic carbocycles. The number of nitrogens with zero attached hydrogens (tertiary/aromatic N) is 4. The van der Waals surface area contributed by atoms with Gasteiger partial charge in [-0.15, -0.1) is 0 Å². The Balaban J connectivity index is 1.50. The van der Waals surface area contributed by atoms with Gasteiger partial charge in [-0.3, -0.25) is 19.7 Å². The number of aromatic nitrogens is 4. The molecule has 0 atom stereocenters. The van der Waals surface area contributed by atoms with E-state index in [1.54, 1.807) is 18.6 Å². The van der Waals surface area contributed by atoms with E-state index in [-0.39, 0.29) is 5.91 Å². The zero-order valence-corrected chi connectivity index (χ0v) is 19.2. The van der Waals surface area contributed by atoms with Crippen molar-refractivity contribution in [1.29, 1.82) is 0 Å². The smallest absolute Gasteiger partial charge is 0.273 e. The van der Waals surface area contributed by atoms with Gasteiger partial charge in [0, 0.05) is 42.7 Å². The topological polar surface area (TPSA) is 108 Å². The van der Waals surface area contributed by atoms with Crippen molar-refractivity contribution < 1.29 is 4.79 Å². The van der Waals surface area contributed by atoms with Crippen LogP contribution >= 0.6 is 0 Å². The summed E-state index contributed by atoms with van der Waals surface area (Å²) in [5.74, 6) is 0.0717. The number of nitrogens with one attached hydrogen (secondary N) is 3. The van der Waals surface area contributed by atoms with Crippen LogP contribution in [0.2, 0.25) is 0 Å². The summed E-state index contributed by atoms with van der Waals surface area (Å²) in [7, 11) is 0. The lowest BCUT2D eigenvalue weighted by atomic mass is 9.93. The van der Waals surface area contributed by atoms with Gasteiger partial charge in [0.05, 0.1) is 11.8 Å². The van der Waals surface area contributed by atoms with Crippen molar-refractivity contribution in [3.63, 3.8) is 0 Å². The zero-order valence-electron chi connectivity index (χ0n) is 19.2. The first-order valence-corrected chi connectivity index (χ1v) is 11.2. The van der Waals surface area contributed by atoms with Crippen LogP contribution in [0.5, 0.6) is 0 Å². The second kappa shape index (κ2) is 10.3. The van der Waals surface area contributed by atoms with Crippen LogP contribution in [0, 0.1) is 6.92 Å². The molecule has 170 valence electrons. The average molecular weight is 444 g/mol. The monoisotopic (exact) mass is 443 g/mol. The molecule has 0 unspecified atom stereocenters. The summed E-state index contributed by atoms with van der Waals surface area (Å²) in [5.41, 5.74) is 10.0. The number of rotatable bonds is 9. The van der Waals surface area contributed by atoms with E-state index in [2.05, 4.69) is 56.6 Å². The minimum atomic E-state index is -0.237. The van der Waals surface area contributed by atoms with Gasteiger partial charge in [-0.1, -0.05) is 13.8 Å². The van der Waals surface area contributed by atoms with Crippen LogP contribution in [-0.4, -0.2) is 38.1 Å². The molecule has 33 heavy (non-hydrogen) atoms. The molecule has 0 aromatic carbocycles. The first-order valence-electron chi connectivity index (χ1n) is 11.2. The molecule has 0 bridgehead atoms. The van der Waals surface area contributed by atoms with E-state index >= 15 is 0 Å². The highest BCUT2D eigenvalue weighted by Crippen LogP contribution is 2.30. The van der Waals surface area contributed by atoms with Crippen molar-refractivity contribution >= 4 is 17.7 Å². The summed E-state index contributed by atoms with van der Waals surface area (Å²) >= 11 is 0. The lowest BCUT2D eigenvalue weighted by Crippen LogP contribution is -2.15. The predicted molar refractivity (Wildman–Crippen MR) is 129 cm³/mol. The van der Waals surface area contributed by atoms with Crippen LogP contribution < -0.4 is 10.7 Å². The summed E-state index contributed by atoms with van der Waals surface area (Å²) in [6.07, 6.45) is 12.3. The SMILES string of the molecule is Cc1[nH]c(C=C2C(=O)NN=C2c2cnccn2)c(C(C)C)c1CCCNCc1ccncc1. The van der Waals surface area contributed by atoms with Gasteiger partial charge >= 0.3 is 0 Å². The standard InChI is InChI=1S/C25H29N7O/c1-16(2)23-19(5-4-8-27-14-18-6-9-26-10-7-18)17(3)30-21(23)13-20-24(31-32-25(20)33)22-15-28-11-12-29-22/h6-7,9-13,15-16,27,30H,4-5,8,14H2,1-3H3,(H,32,33). The van der Waals surface area contributed by atoms with Gasteiger partial charge in [-0.2, -0.15) is 5.10 Å². The van der Waals surface area contributed by atoms with Crippen LogP contribution in [0.15, 0.2) is 53.8 Å². The maximum absolute atomic E-state index is 12.5. The number of H-pyrrole nitrogens is 1. The second-order valence-electron chi connectivity index (χ2n) is 8.40. The van der Waals surface area contributed by atoms with Crippen molar-refractivity contribution in [3.8, 4) is 0 Å². The summed E-state index contributed by atoms with van der Waals surface area (Å²) in [5, 5.41) is 7.69. The van der Waals surface area contributed by atoms with Crippen molar-refractivity contribution in [2.45, 2.75) is 46.1 Å². The van der Waals surface area contributed by atoms with Gasteiger partial charge in [-0.25, -0.2) is 5.43 Å². The van der Waals surface area contributed by atoms with Crippen LogP contribution in [0.1, 0.15) is 60.0 Å². The molecule has 0 saturated carbocycles. The molecular weight excluding hydrogens is 414 g/mol. The molecule has 4 heterocycles. The highest BCUT2D eigenvalue weighted by atomic mass is 16.2. The predicted octanol–water partition coefficient (Wildman–Crippen LogP) is 3.27. The van der Waals surface area contributed by atoms with Crippen LogP contribution in [-0.2, 0) is 17.8 Å². The third-order valence-electron chi connectivity index (χ3n) is 5.69. The molecule has 0 spiro atoms. The van der Waals surface area contributed by atoms with Gasteiger partial charge < -0.3 is 10.3 Å². The number of pyridine rings is 1. The van der Waals surface area contributed by atoms with Crippen LogP contribution in [0.3, 0.4) is 0 Å².